The quantitative estimate of drug-likeness (QED) is 0.607. The fraction of sp³-hybridized carbons (Fsp3) is 0.348. The van der Waals surface area contributed by atoms with E-state index in [1.165, 1.54) is 22.9 Å². The fourth-order valence-corrected chi connectivity index (χ4v) is 3.73. The molecule has 0 unspecified atom stereocenters. The van der Waals surface area contributed by atoms with Crippen LogP contribution in [0.1, 0.15) is 45.2 Å². The minimum atomic E-state index is -0.336. The van der Waals surface area contributed by atoms with Gasteiger partial charge in [0.25, 0.3) is 0 Å². The van der Waals surface area contributed by atoms with Gasteiger partial charge in [-0.15, -0.1) is 0 Å². The number of halogens is 1. The number of methoxy groups -OCH3 is 1. The van der Waals surface area contributed by atoms with E-state index in [1.54, 1.807) is 31.5 Å². The second kappa shape index (κ2) is 7.55. The van der Waals surface area contributed by atoms with Crippen molar-refractivity contribution in [3.05, 3.63) is 59.4 Å². The molecule has 0 radical (unpaired) electrons. The molecular formula is C23H27FN2O. The highest BCUT2D eigenvalue weighted by atomic mass is 19.1. The van der Waals surface area contributed by atoms with Gasteiger partial charge in [0.15, 0.2) is 0 Å². The molecule has 0 aromatic heterocycles. The van der Waals surface area contributed by atoms with E-state index in [0.29, 0.717) is 5.69 Å². The van der Waals surface area contributed by atoms with Crippen LogP contribution in [0.4, 0.5) is 15.8 Å². The van der Waals surface area contributed by atoms with E-state index in [0.717, 1.165) is 24.3 Å². The third-order valence-electron chi connectivity index (χ3n) is 4.97. The molecule has 0 aliphatic carbocycles. The second-order valence-electron chi connectivity index (χ2n) is 7.45. The number of para-hydroxylation sites is 1. The Labute approximate surface area is 161 Å². The molecule has 0 amide bonds. The molecule has 4 heteroatoms. The Morgan fingerprint density at radius 3 is 2.63 bits per heavy atom. The number of aliphatic imine (C=N–C) groups is 1. The van der Waals surface area contributed by atoms with E-state index in [-0.39, 0.29) is 11.4 Å². The van der Waals surface area contributed by atoms with E-state index in [4.69, 9.17) is 4.74 Å². The largest absolute Gasteiger partial charge is 0.496 e. The van der Waals surface area contributed by atoms with E-state index in [1.807, 2.05) is 0 Å². The van der Waals surface area contributed by atoms with Crippen molar-refractivity contribution in [2.24, 2.45) is 4.99 Å². The minimum Gasteiger partial charge on any atom is -0.496 e. The van der Waals surface area contributed by atoms with Crippen molar-refractivity contribution in [3.8, 4) is 5.75 Å². The summed E-state index contributed by atoms with van der Waals surface area (Å²) < 4.78 is 19.5. The first-order chi connectivity index (χ1) is 12.9. The molecule has 142 valence electrons. The molecule has 2 aromatic rings. The number of nitrogens with zero attached hydrogens (tertiary/aromatic N) is 2. The minimum absolute atomic E-state index is 0.0547. The molecule has 3 nitrogen and oxygen atoms in total. The van der Waals surface area contributed by atoms with Gasteiger partial charge >= 0.3 is 0 Å². The molecule has 1 aliphatic rings. The normalized spacial score (nSPS) is 15.6. The van der Waals surface area contributed by atoms with Crippen molar-refractivity contribution in [2.45, 2.75) is 39.7 Å². The summed E-state index contributed by atoms with van der Waals surface area (Å²) in [5, 5.41) is 0. The molecule has 0 atom stereocenters. The summed E-state index contributed by atoms with van der Waals surface area (Å²) >= 11 is 0. The highest BCUT2D eigenvalue weighted by molar-refractivity contribution is 5.92. The zero-order valence-corrected chi connectivity index (χ0v) is 16.7. The summed E-state index contributed by atoms with van der Waals surface area (Å²) in [6, 6.07) is 10.7. The zero-order valence-electron chi connectivity index (χ0n) is 16.7. The lowest BCUT2D eigenvalue weighted by Gasteiger charge is -2.43. The lowest BCUT2D eigenvalue weighted by molar-refractivity contribution is 0.413. The van der Waals surface area contributed by atoms with Gasteiger partial charge in [0, 0.05) is 35.6 Å². The smallest absolute Gasteiger partial charge is 0.148 e. The van der Waals surface area contributed by atoms with Gasteiger partial charge in [-0.3, -0.25) is 4.99 Å². The monoisotopic (exact) mass is 366 g/mol. The Hall–Kier alpha value is -2.62. The number of rotatable bonds is 5. The second-order valence-corrected chi connectivity index (χ2v) is 7.45. The summed E-state index contributed by atoms with van der Waals surface area (Å²) in [6.07, 6.45) is 5.04. The van der Waals surface area contributed by atoms with Crippen molar-refractivity contribution in [3.63, 3.8) is 0 Å². The summed E-state index contributed by atoms with van der Waals surface area (Å²) in [6.45, 7) is 9.75. The predicted molar refractivity (Wildman–Crippen MR) is 112 cm³/mol. The van der Waals surface area contributed by atoms with Gasteiger partial charge in [0.1, 0.15) is 11.6 Å². The molecule has 0 N–H and O–H groups in total. The first-order valence-corrected chi connectivity index (χ1v) is 9.35. The Bertz CT molecular complexity index is 899. The topological polar surface area (TPSA) is 24.8 Å². The molecule has 0 bridgehead atoms. The van der Waals surface area contributed by atoms with Crippen molar-refractivity contribution in [2.75, 3.05) is 18.6 Å². The maximum absolute atomic E-state index is 13.9. The van der Waals surface area contributed by atoms with Gasteiger partial charge in [0.2, 0.25) is 0 Å². The standard InChI is InChI=1S/C23H27FN2O/c1-6-11-26-21-13-22(27-5)17(12-18(21)16(2)14-23(26,3)4)15-25-20-10-8-7-9-19(20)24/h7-10,12-15H,6,11H2,1-5H3. The highest BCUT2D eigenvalue weighted by Crippen LogP contribution is 2.42. The summed E-state index contributed by atoms with van der Waals surface area (Å²) in [5.74, 6) is 0.401. The summed E-state index contributed by atoms with van der Waals surface area (Å²) in [4.78, 5) is 6.74. The van der Waals surface area contributed by atoms with E-state index < -0.39 is 0 Å². The molecular weight excluding hydrogens is 339 g/mol. The van der Waals surface area contributed by atoms with E-state index in [9.17, 15) is 4.39 Å². The third kappa shape index (κ3) is 3.75. The predicted octanol–water partition coefficient (Wildman–Crippen LogP) is 6.00. The van der Waals surface area contributed by atoms with Gasteiger partial charge in [-0.05, 0) is 51.0 Å². The van der Waals surface area contributed by atoms with Crippen LogP contribution >= 0.6 is 0 Å². The Kier molecular flexibility index (Phi) is 5.36. The Morgan fingerprint density at radius 2 is 1.96 bits per heavy atom. The van der Waals surface area contributed by atoms with Gasteiger partial charge in [-0.25, -0.2) is 4.39 Å². The van der Waals surface area contributed by atoms with Gasteiger partial charge in [0.05, 0.1) is 18.3 Å². The van der Waals surface area contributed by atoms with Crippen molar-refractivity contribution < 1.29 is 9.13 Å². The number of benzene rings is 2. The molecule has 0 saturated heterocycles. The van der Waals surface area contributed by atoms with E-state index in [2.05, 4.69) is 55.8 Å². The van der Waals surface area contributed by atoms with E-state index >= 15 is 0 Å². The molecule has 0 fully saturated rings. The first kappa shape index (κ1) is 19.2. The average Bonchev–Trinajstić information content (AvgIpc) is 2.63. The number of hydrogen-bond acceptors (Lipinski definition) is 3. The van der Waals surface area contributed by atoms with Crippen LogP contribution in [0, 0.1) is 5.82 Å². The molecule has 0 saturated carbocycles. The van der Waals surface area contributed by atoms with Crippen LogP contribution in [0.5, 0.6) is 5.75 Å². The Morgan fingerprint density at radius 1 is 1.22 bits per heavy atom. The number of allylic oxidation sites excluding steroid dienone is 1. The van der Waals surface area contributed by atoms with Crippen LogP contribution in [0.2, 0.25) is 0 Å². The van der Waals surface area contributed by atoms with Crippen LogP contribution in [0.15, 0.2) is 47.5 Å². The van der Waals surface area contributed by atoms with Crippen LogP contribution in [0.3, 0.4) is 0 Å². The average molecular weight is 366 g/mol. The Balaban J connectivity index is 2.09. The van der Waals surface area contributed by atoms with Gasteiger partial charge in [-0.1, -0.05) is 25.1 Å². The molecule has 2 aromatic carbocycles. The summed E-state index contributed by atoms with van der Waals surface area (Å²) in [5.41, 5.74) is 4.66. The van der Waals surface area contributed by atoms with Gasteiger partial charge < -0.3 is 9.64 Å². The number of fused-ring (bicyclic) bond motifs is 1. The van der Waals surface area contributed by atoms with Crippen molar-refractivity contribution >= 4 is 23.2 Å². The first-order valence-electron chi connectivity index (χ1n) is 9.35. The maximum Gasteiger partial charge on any atom is 0.148 e. The molecule has 0 spiro atoms. The third-order valence-corrected chi connectivity index (χ3v) is 4.97. The zero-order chi connectivity index (χ0) is 19.6. The molecule has 1 heterocycles. The lowest BCUT2D eigenvalue weighted by atomic mass is 9.87. The lowest BCUT2D eigenvalue weighted by Crippen LogP contribution is -2.45. The van der Waals surface area contributed by atoms with Crippen LogP contribution in [0.25, 0.3) is 5.57 Å². The molecule has 1 aliphatic heterocycles. The van der Waals surface area contributed by atoms with Crippen molar-refractivity contribution in [1.82, 2.24) is 0 Å². The fourth-order valence-electron chi connectivity index (χ4n) is 3.73. The molecule has 3 rings (SSSR count). The maximum atomic E-state index is 13.9. The van der Waals surface area contributed by atoms with Crippen molar-refractivity contribution in [1.29, 1.82) is 0 Å². The number of hydrogen-bond donors (Lipinski definition) is 0. The van der Waals surface area contributed by atoms with Crippen LogP contribution < -0.4 is 9.64 Å². The summed E-state index contributed by atoms with van der Waals surface area (Å²) in [7, 11) is 1.66. The SMILES string of the molecule is CCCN1c2cc(OC)c(C=Nc3ccccc3F)cc2C(C)=CC1(C)C. The number of anilines is 1. The van der Waals surface area contributed by atoms with Crippen LogP contribution in [-0.2, 0) is 0 Å². The van der Waals surface area contributed by atoms with Crippen LogP contribution in [-0.4, -0.2) is 25.4 Å². The highest BCUT2D eigenvalue weighted by Gasteiger charge is 2.31. The van der Waals surface area contributed by atoms with Gasteiger partial charge in [-0.2, -0.15) is 0 Å². The molecule has 27 heavy (non-hydrogen) atoms. The number of ether oxygens (including phenoxy) is 1.